The average molecular weight is 245 g/mol. The Morgan fingerprint density at radius 2 is 1.89 bits per heavy atom. The highest BCUT2D eigenvalue weighted by molar-refractivity contribution is 6.30. The van der Waals surface area contributed by atoms with Gasteiger partial charge in [0.1, 0.15) is 0 Å². The summed E-state index contributed by atoms with van der Waals surface area (Å²) in [7, 11) is 0. The Kier molecular flexibility index (Phi) is 2.74. The molecule has 1 heterocycles. The van der Waals surface area contributed by atoms with Gasteiger partial charge in [-0.1, -0.05) is 6.07 Å². The maximum atomic E-state index is 11.8. The number of carboxylic acid groups (broad SMARTS) is 1. The van der Waals surface area contributed by atoms with Gasteiger partial charge in [-0.25, -0.2) is 9.69 Å². The molecule has 18 heavy (non-hydrogen) atoms. The monoisotopic (exact) mass is 245 g/mol. The van der Waals surface area contributed by atoms with Gasteiger partial charge in [-0.15, -0.1) is 0 Å². The minimum Gasteiger partial charge on any atom is -0.478 e. The van der Waals surface area contributed by atoms with Crippen molar-refractivity contribution in [3.8, 4) is 0 Å². The summed E-state index contributed by atoms with van der Waals surface area (Å²) in [5, 5.41) is 8.93. The second kappa shape index (κ2) is 4.10. The average Bonchev–Trinajstić information content (AvgIpc) is 2.54. The summed E-state index contributed by atoms with van der Waals surface area (Å²) in [6.07, 6.45) is 1.25. The Hall–Kier alpha value is -2.43. The van der Waals surface area contributed by atoms with Crippen LogP contribution in [-0.4, -0.2) is 22.9 Å². The number of anilines is 1. The van der Waals surface area contributed by atoms with Gasteiger partial charge in [0.15, 0.2) is 0 Å². The van der Waals surface area contributed by atoms with Gasteiger partial charge in [-0.05, 0) is 31.5 Å². The van der Waals surface area contributed by atoms with Gasteiger partial charge in [-0.3, -0.25) is 9.59 Å². The lowest BCUT2D eigenvalue weighted by Gasteiger charge is -2.17. The van der Waals surface area contributed by atoms with E-state index in [4.69, 9.17) is 5.11 Å². The summed E-state index contributed by atoms with van der Waals surface area (Å²) >= 11 is 0. The molecule has 0 saturated heterocycles. The van der Waals surface area contributed by atoms with E-state index in [1.54, 1.807) is 19.9 Å². The zero-order valence-electron chi connectivity index (χ0n) is 9.93. The summed E-state index contributed by atoms with van der Waals surface area (Å²) in [6.45, 7) is 3.27. The van der Waals surface area contributed by atoms with Gasteiger partial charge in [0.2, 0.25) is 0 Å². The molecule has 0 atom stereocenters. The van der Waals surface area contributed by atoms with Gasteiger partial charge >= 0.3 is 5.97 Å². The van der Waals surface area contributed by atoms with Gasteiger partial charge in [0.05, 0.1) is 11.3 Å². The standard InChI is InChI=1S/C13H11NO4/c1-7-3-4-9(13(17)18)6-10(7)14-11(15)5-8(2)12(14)16/h3-6H,1-2H3,(H,17,18). The van der Waals surface area contributed by atoms with Crippen molar-refractivity contribution in [3.05, 3.63) is 41.0 Å². The molecule has 0 bridgehead atoms. The van der Waals surface area contributed by atoms with E-state index in [9.17, 15) is 14.4 Å². The molecule has 92 valence electrons. The molecule has 1 aliphatic heterocycles. The largest absolute Gasteiger partial charge is 0.478 e. The van der Waals surface area contributed by atoms with Gasteiger partial charge in [-0.2, -0.15) is 0 Å². The van der Waals surface area contributed by atoms with E-state index < -0.39 is 17.8 Å². The van der Waals surface area contributed by atoms with Gasteiger partial charge in [0, 0.05) is 11.6 Å². The molecule has 0 spiro atoms. The van der Waals surface area contributed by atoms with Crippen LogP contribution in [0, 0.1) is 6.92 Å². The molecular weight excluding hydrogens is 234 g/mol. The Balaban J connectivity index is 2.52. The number of hydrogen-bond donors (Lipinski definition) is 1. The van der Waals surface area contributed by atoms with E-state index in [0.29, 0.717) is 16.8 Å². The summed E-state index contributed by atoms with van der Waals surface area (Å²) in [5.74, 6) is -1.95. The minimum atomic E-state index is -1.10. The number of rotatable bonds is 2. The van der Waals surface area contributed by atoms with Crippen molar-refractivity contribution in [1.29, 1.82) is 0 Å². The van der Waals surface area contributed by atoms with Crippen LogP contribution in [0.4, 0.5) is 5.69 Å². The Bertz CT molecular complexity index is 601. The smallest absolute Gasteiger partial charge is 0.335 e. The first kappa shape index (κ1) is 12.0. The van der Waals surface area contributed by atoms with Crippen LogP contribution in [-0.2, 0) is 9.59 Å². The quantitative estimate of drug-likeness (QED) is 0.801. The number of carbonyl (C=O) groups is 3. The molecule has 0 radical (unpaired) electrons. The molecule has 0 unspecified atom stereocenters. The van der Waals surface area contributed by atoms with Crippen LogP contribution in [0.25, 0.3) is 0 Å². The predicted octanol–water partition coefficient (Wildman–Crippen LogP) is 1.51. The molecule has 1 N–H and O–H groups in total. The maximum absolute atomic E-state index is 11.8. The fourth-order valence-corrected chi connectivity index (χ4v) is 1.80. The number of nitrogens with zero attached hydrogens (tertiary/aromatic N) is 1. The summed E-state index contributed by atoms with van der Waals surface area (Å²) in [4.78, 5) is 35.5. The Morgan fingerprint density at radius 1 is 1.22 bits per heavy atom. The van der Waals surface area contributed by atoms with Crippen LogP contribution in [0.15, 0.2) is 29.8 Å². The number of amides is 2. The van der Waals surface area contributed by atoms with Gasteiger partial charge in [0.25, 0.3) is 11.8 Å². The predicted molar refractivity (Wildman–Crippen MR) is 64.4 cm³/mol. The molecule has 0 aliphatic carbocycles. The summed E-state index contributed by atoms with van der Waals surface area (Å²) in [6, 6.07) is 4.35. The lowest BCUT2D eigenvalue weighted by molar-refractivity contribution is -0.120. The number of carbonyl (C=O) groups excluding carboxylic acids is 2. The van der Waals surface area contributed by atoms with Crippen molar-refractivity contribution in [2.45, 2.75) is 13.8 Å². The number of imide groups is 1. The van der Waals surface area contributed by atoms with Crippen LogP contribution in [0.3, 0.4) is 0 Å². The van der Waals surface area contributed by atoms with E-state index in [1.807, 2.05) is 0 Å². The van der Waals surface area contributed by atoms with Crippen LogP contribution in [0.5, 0.6) is 0 Å². The van der Waals surface area contributed by atoms with Crippen molar-refractivity contribution >= 4 is 23.5 Å². The molecule has 2 rings (SSSR count). The van der Waals surface area contributed by atoms with E-state index >= 15 is 0 Å². The third-order valence-corrected chi connectivity index (χ3v) is 2.80. The lowest BCUT2D eigenvalue weighted by atomic mass is 10.1. The molecule has 0 fully saturated rings. The van der Waals surface area contributed by atoms with Gasteiger partial charge < -0.3 is 5.11 Å². The third-order valence-electron chi connectivity index (χ3n) is 2.80. The molecule has 1 aromatic carbocycles. The van der Waals surface area contributed by atoms with Crippen LogP contribution < -0.4 is 4.90 Å². The summed E-state index contributed by atoms with van der Waals surface area (Å²) in [5.41, 5.74) is 1.38. The lowest BCUT2D eigenvalue weighted by Crippen LogP contribution is -2.31. The highest BCUT2D eigenvalue weighted by Crippen LogP contribution is 2.26. The first-order chi connectivity index (χ1) is 8.41. The van der Waals surface area contributed by atoms with E-state index in [-0.39, 0.29) is 5.56 Å². The fourth-order valence-electron chi connectivity index (χ4n) is 1.80. The van der Waals surface area contributed by atoms with Crippen molar-refractivity contribution < 1.29 is 19.5 Å². The summed E-state index contributed by atoms with van der Waals surface area (Å²) < 4.78 is 0. The number of benzene rings is 1. The number of hydrogen-bond acceptors (Lipinski definition) is 3. The molecule has 1 aromatic rings. The Morgan fingerprint density at radius 3 is 2.39 bits per heavy atom. The molecule has 0 saturated carbocycles. The number of aryl methyl sites for hydroxylation is 1. The van der Waals surface area contributed by atoms with Crippen molar-refractivity contribution in [3.63, 3.8) is 0 Å². The third kappa shape index (κ3) is 1.79. The van der Waals surface area contributed by atoms with Crippen molar-refractivity contribution in [2.75, 3.05) is 4.90 Å². The molecule has 0 aromatic heterocycles. The fraction of sp³-hybridized carbons (Fsp3) is 0.154. The first-order valence-corrected chi connectivity index (χ1v) is 5.32. The topological polar surface area (TPSA) is 74.7 Å². The molecule has 2 amide bonds. The van der Waals surface area contributed by atoms with Crippen molar-refractivity contribution in [2.24, 2.45) is 0 Å². The second-order valence-electron chi connectivity index (χ2n) is 4.11. The van der Waals surface area contributed by atoms with Crippen molar-refractivity contribution in [1.82, 2.24) is 0 Å². The van der Waals surface area contributed by atoms with Crippen LogP contribution in [0.2, 0.25) is 0 Å². The zero-order valence-corrected chi connectivity index (χ0v) is 9.93. The van der Waals surface area contributed by atoms with Crippen LogP contribution >= 0.6 is 0 Å². The van der Waals surface area contributed by atoms with E-state index in [1.165, 1.54) is 18.2 Å². The first-order valence-electron chi connectivity index (χ1n) is 5.32. The normalized spacial score (nSPS) is 15.0. The van der Waals surface area contributed by atoms with E-state index in [0.717, 1.165) is 4.90 Å². The zero-order chi connectivity index (χ0) is 13.4. The second-order valence-corrected chi connectivity index (χ2v) is 4.11. The molecular formula is C13H11NO4. The number of carboxylic acids is 1. The highest BCUT2D eigenvalue weighted by atomic mass is 16.4. The minimum absolute atomic E-state index is 0.0424. The molecule has 5 nitrogen and oxygen atoms in total. The SMILES string of the molecule is CC1=CC(=O)N(c2cc(C(=O)O)ccc2C)C1=O. The Labute approximate surface area is 103 Å². The number of aromatic carboxylic acids is 1. The maximum Gasteiger partial charge on any atom is 0.335 e. The molecule has 1 aliphatic rings. The molecule has 5 heteroatoms. The van der Waals surface area contributed by atoms with Crippen LogP contribution in [0.1, 0.15) is 22.8 Å². The highest BCUT2D eigenvalue weighted by Gasteiger charge is 2.31. The van der Waals surface area contributed by atoms with E-state index in [2.05, 4.69) is 0 Å².